The van der Waals surface area contributed by atoms with E-state index in [1.54, 1.807) is 48.3 Å². The molecule has 9 amide bonds. The lowest BCUT2D eigenvalue weighted by molar-refractivity contribution is -0.144. The van der Waals surface area contributed by atoms with Gasteiger partial charge in [0.05, 0.1) is 6.04 Å². The number of thioether (sulfide) groups is 2. The van der Waals surface area contributed by atoms with Crippen LogP contribution in [0.3, 0.4) is 0 Å². The number of carboxylic acid groups (broad SMARTS) is 1. The number of amides is 9. The first-order valence-corrected chi connectivity index (χ1v) is 26.1. The molecule has 3 rings (SSSR count). The number of unbranched alkanes of at least 4 members (excludes halogenated alkanes) is 1. The molecule has 24 heteroatoms. The van der Waals surface area contributed by atoms with E-state index in [0.29, 0.717) is 68.7 Å². The monoisotopic (exact) mass is 1010 g/mol. The number of nitrogens with zero attached hydrogens (tertiary/aromatic N) is 2. The van der Waals surface area contributed by atoms with Gasteiger partial charge in [0.25, 0.3) is 0 Å². The van der Waals surface area contributed by atoms with Crippen molar-refractivity contribution in [3.8, 4) is 0 Å². The average molecular weight is 1010 g/mol. The number of primary amides is 2. The summed E-state index contributed by atoms with van der Waals surface area (Å²) in [7, 11) is 0. The molecule has 0 bridgehead atoms. The third-order valence-corrected chi connectivity index (χ3v) is 13.2. The molecule has 2 aliphatic rings. The van der Waals surface area contributed by atoms with E-state index in [1.165, 1.54) is 21.6 Å². The molecule has 2 aliphatic heterocycles. The predicted octanol–water partition coefficient (Wildman–Crippen LogP) is -1.79. The molecule has 0 saturated carbocycles. The molecule has 0 aliphatic carbocycles. The van der Waals surface area contributed by atoms with Crippen molar-refractivity contribution in [1.82, 2.24) is 36.4 Å². The highest BCUT2D eigenvalue weighted by atomic mass is 32.2. The van der Waals surface area contributed by atoms with E-state index in [2.05, 4.69) is 26.6 Å². The molecule has 8 atom stereocenters. The number of carboxylic acids is 1. The fourth-order valence-corrected chi connectivity index (χ4v) is 9.11. The second-order valence-corrected chi connectivity index (χ2v) is 19.1. The Balaban J connectivity index is 1.84. The highest BCUT2D eigenvalue weighted by Crippen LogP contribution is 2.23. The maximum atomic E-state index is 14.3. The lowest BCUT2D eigenvalue weighted by Crippen LogP contribution is -2.60. The number of nitrogens with one attached hydrogen (secondary N) is 5. The van der Waals surface area contributed by atoms with Gasteiger partial charge in [0.15, 0.2) is 0 Å². The van der Waals surface area contributed by atoms with Crippen molar-refractivity contribution >= 4 is 82.7 Å². The smallest absolute Gasteiger partial charge is 0.326 e. The second-order valence-electron chi connectivity index (χ2n) is 17.2. The normalized spacial score (nSPS) is 18.1. The zero-order chi connectivity index (χ0) is 51.0. The van der Waals surface area contributed by atoms with Crippen LogP contribution in [0.4, 0.5) is 0 Å². The first-order chi connectivity index (χ1) is 32.9. The number of hydrogen-bond acceptors (Lipinski definition) is 14. The van der Waals surface area contributed by atoms with E-state index < -0.39 is 108 Å². The van der Waals surface area contributed by atoms with Gasteiger partial charge in [-0.05, 0) is 107 Å². The Kier molecular flexibility index (Phi) is 25.3. The standard InChI is InChI=1S/C45H71N11O11S2/c1-68-24-19-28(47)43(64)55-22-8-13-34(55)42(63)52-31(12-6-7-21-46)44(65)56-23-9-14-35(56)41(62)51-30(16-18-37(49)58)38(59)50-29(15-17-36(48)57)39(60)54-33(26-27-10-4-3-5-11-27)40(61)53-32(45(66)67)20-25-69-2/h3-5,10-11,28-35H,6-9,12-26,46-47H2,1-2H3,(H2,48,57)(H2,49,58)(H,50,59)(H,51,62)(H,52,63)(H,53,61)(H,54,60)(H,66,67). The number of nitrogens with two attached hydrogens (primary N) is 4. The highest BCUT2D eigenvalue weighted by molar-refractivity contribution is 7.98. The molecule has 384 valence electrons. The van der Waals surface area contributed by atoms with Crippen LogP contribution >= 0.6 is 23.5 Å². The number of hydrogen-bond donors (Lipinski definition) is 10. The van der Waals surface area contributed by atoms with Crippen LogP contribution in [0.5, 0.6) is 0 Å². The van der Waals surface area contributed by atoms with Crippen LogP contribution in [0.15, 0.2) is 30.3 Å². The van der Waals surface area contributed by atoms with E-state index in [4.69, 9.17) is 22.9 Å². The predicted molar refractivity (Wildman–Crippen MR) is 261 cm³/mol. The van der Waals surface area contributed by atoms with Gasteiger partial charge < -0.3 is 64.4 Å². The summed E-state index contributed by atoms with van der Waals surface area (Å²) in [6.07, 6.45) is 5.37. The van der Waals surface area contributed by atoms with Crippen molar-refractivity contribution in [2.45, 2.75) is 138 Å². The first-order valence-electron chi connectivity index (χ1n) is 23.3. The molecule has 22 nitrogen and oxygen atoms in total. The molecule has 1 aromatic rings. The number of benzene rings is 1. The summed E-state index contributed by atoms with van der Waals surface area (Å²) in [5.74, 6) is -6.73. The summed E-state index contributed by atoms with van der Waals surface area (Å²) in [6.45, 7) is 0.802. The van der Waals surface area contributed by atoms with Crippen molar-refractivity contribution in [2.24, 2.45) is 22.9 Å². The largest absolute Gasteiger partial charge is 0.480 e. The number of likely N-dealkylation sites (tertiary alicyclic amines) is 2. The summed E-state index contributed by atoms with van der Waals surface area (Å²) in [4.78, 5) is 136. The van der Waals surface area contributed by atoms with Gasteiger partial charge in [0.2, 0.25) is 53.2 Å². The Morgan fingerprint density at radius 2 is 1.10 bits per heavy atom. The van der Waals surface area contributed by atoms with Gasteiger partial charge in [-0.1, -0.05) is 30.3 Å². The van der Waals surface area contributed by atoms with Crippen molar-refractivity contribution < 1.29 is 53.1 Å². The third-order valence-electron chi connectivity index (χ3n) is 12.0. The summed E-state index contributed by atoms with van der Waals surface area (Å²) in [5.41, 5.74) is 23.4. The Labute approximate surface area is 411 Å². The molecule has 2 heterocycles. The highest BCUT2D eigenvalue weighted by Gasteiger charge is 2.42. The molecule has 0 aromatic heterocycles. The van der Waals surface area contributed by atoms with Gasteiger partial charge in [-0.3, -0.25) is 43.2 Å². The zero-order valence-electron chi connectivity index (χ0n) is 39.5. The molecule has 2 fully saturated rings. The topological polar surface area (TPSA) is 362 Å². The molecular weight excluding hydrogens is 935 g/mol. The van der Waals surface area contributed by atoms with E-state index in [0.717, 1.165) is 0 Å². The second kappa shape index (κ2) is 30.2. The Bertz CT molecular complexity index is 1930. The minimum Gasteiger partial charge on any atom is -0.480 e. The Morgan fingerprint density at radius 3 is 1.62 bits per heavy atom. The molecular formula is C45H71N11O11S2. The van der Waals surface area contributed by atoms with Crippen molar-refractivity contribution in [1.29, 1.82) is 0 Å². The van der Waals surface area contributed by atoms with Crippen molar-refractivity contribution in [2.75, 3.05) is 43.7 Å². The SMILES string of the molecule is CSCCC(N)C(=O)N1CCCC1C(=O)NC(CCCCN)C(=O)N1CCCC1C(=O)NC(CCC(N)=O)C(=O)NC(CCC(N)=O)C(=O)NC(Cc1ccccc1)C(=O)NC(CCSC)C(=O)O. The van der Waals surface area contributed by atoms with Crippen molar-refractivity contribution in [3.63, 3.8) is 0 Å². The molecule has 0 spiro atoms. The summed E-state index contributed by atoms with van der Waals surface area (Å²) >= 11 is 2.93. The van der Waals surface area contributed by atoms with Crippen LogP contribution in [-0.2, 0) is 54.4 Å². The Morgan fingerprint density at radius 1 is 0.623 bits per heavy atom. The van der Waals surface area contributed by atoms with Gasteiger partial charge in [-0.15, -0.1) is 0 Å². The quantitative estimate of drug-likeness (QED) is 0.0368. The van der Waals surface area contributed by atoms with Gasteiger partial charge in [-0.2, -0.15) is 23.5 Å². The lowest BCUT2D eigenvalue weighted by atomic mass is 10.0. The molecule has 0 radical (unpaired) electrons. The fourth-order valence-electron chi connectivity index (χ4n) is 8.15. The van der Waals surface area contributed by atoms with Crippen LogP contribution in [-0.4, -0.2) is 166 Å². The molecule has 2 saturated heterocycles. The maximum absolute atomic E-state index is 14.3. The summed E-state index contributed by atoms with van der Waals surface area (Å²) in [5, 5.41) is 22.8. The molecule has 14 N–H and O–H groups in total. The van der Waals surface area contributed by atoms with E-state index in [1.807, 2.05) is 6.26 Å². The van der Waals surface area contributed by atoms with Crippen LogP contribution in [0, 0.1) is 0 Å². The summed E-state index contributed by atoms with van der Waals surface area (Å²) in [6, 6.07) is -0.928. The number of aliphatic carboxylic acids is 1. The minimum atomic E-state index is -1.53. The number of rotatable bonds is 31. The maximum Gasteiger partial charge on any atom is 0.326 e. The lowest BCUT2D eigenvalue weighted by Gasteiger charge is -2.32. The van der Waals surface area contributed by atoms with Gasteiger partial charge in [-0.25, -0.2) is 4.79 Å². The Hall–Kier alpha value is -5.46. The molecule has 1 aromatic carbocycles. The first kappa shape index (κ1) is 57.9. The summed E-state index contributed by atoms with van der Waals surface area (Å²) < 4.78 is 0. The van der Waals surface area contributed by atoms with E-state index in [9.17, 15) is 53.1 Å². The van der Waals surface area contributed by atoms with Crippen LogP contribution in [0.25, 0.3) is 0 Å². The number of carbonyl (C=O) groups excluding carboxylic acids is 9. The fraction of sp³-hybridized carbons (Fsp3) is 0.644. The van der Waals surface area contributed by atoms with Crippen LogP contribution in [0.2, 0.25) is 0 Å². The van der Waals surface area contributed by atoms with E-state index in [-0.39, 0.29) is 57.4 Å². The van der Waals surface area contributed by atoms with Crippen LogP contribution in [0.1, 0.15) is 89.0 Å². The van der Waals surface area contributed by atoms with Gasteiger partial charge in [0.1, 0.15) is 42.3 Å². The molecule has 8 unspecified atom stereocenters. The third kappa shape index (κ3) is 19.1. The number of carbonyl (C=O) groups is 10. The van der Waals surface area contributed by atoms with Crippen molar-refractivity contribution in [3.05, 3.63) is 35.9 Å². The molecule has 69 heavy (non-hydrogen) atoms. The van der Waals surface area contributed by atoms with Gasteiger partial charge >= 0.3 is 5.97 Å². The zero-order valence-corrected chi connectivity index (χ0v) is 41.1. The van der Waals surface area contributed by atoms with Gasteiger partial charge in [0, 0.05) is 32.4 Å². The average Bonchev–Trinajstić information content (AvgIpc) is 4.03. The van der Waals surface area contributed by atoms with Crippen LogP contribution < -0.4 is 49.5 Å². The minimum absolute atomic E-state index is 0.0822. The van der Waals surface area contributed by atoms with E-state index >= 15 is 0 Å².